The minimum absolute atomic E-state index is 0.122. The third-order valence-electron chi connectivity index (χ3n) is 4.44. The van der Waals surface area contributed by atoms with Crippen LogP contribution in [0.2, 0.25) is 0 Å². The number of para-hydroxylation sites is 1. The van der Waals surface area contributed by atoms with Gasteiger partial charge in [0.2, 0.25) is 0 Å². The van der Waals surface area contributed by atoms with Crippen LogP contribution in [0.1, 0.15) is 10.4 Å². The summed E-state index contributed by atoms with van der Waals surface area (Å²) >= 11 is 0. The fraction of sp³-hybridized carbons (Fsp3) is 0. The fourth-order valence-corrected chi connectivity index (χ4v) is 2.99. The molecule has 1 amide bonds. The summed E-state index contributed by atoms with van der Waals surface area (Å²) in [5.74, 6) is -0.160. The van der Waals surface area contributed by atoms with Gasteiger partial charge in [0.25, 0.3) is 11.6 Å². The molecule has 0 aliphatic carbocycles. The molecule has 1 aromatic heterocycles. The number of carbonyl (C=O) groups excluding carboxylic acids is 1. The Labute approximate surface area is 164 Å². The number of carbonyl (C=O) groups is 1. The molecule has 0 aliphatic rings. The van der Waals surface area contributed by atoms with Crippen LogP contribution in [0.5, 0.6) is 0 Å². The second-order valence-electron chi connectivity index (χ2n) is 6.27. The van der Waals surface area contributed by atoms with Gasteiger partial charge in [-0.3, -0.25) is 14.9 Å². The number of benzene rings is 3. The van der Waals surface area contributed by atoms with Crippen LogP contribution in [0, 0.1) is 10.1 Å². The Morgan fingerprint density at radius 3 is 2.28 bits per heavy atom. The van der Waals surface area contributed by atoms with Crippen LogP contribution < -0.4 is 16.0 Å². The highest BCUT2D eigenvalue weighted by molar-refractivity contribution is 6.00. The average Bonchev–Trinajstić information content (AvgIpc) is 2.76. The molecule has 8 heteroatoms. The number of hydrogen-bond donors (Lipinski definition) is 1. The highest BCUT2D eigenvalue weighted by atomic mass is 16.6. The number of aromatic nitrogens is 2. The van der Waals surface area contributed by atoms with Gasteiger partial charge in [-0.1, -0.05) is 35.0 Å². The lowest BCUT2D eigenvalue weighted by Crippen LogP contribution is -2.38. The maximum Gasteiger partial charge on any atom is 0.369 e. The lowest BCUT2D eigenvalue weighted by molar-refractivity contribution is -0.384. The molecule has 0 unspecified atom stereocenters. The Bertz CT molecular complexity index is 1280. The van der Waals surface area contributed by atoms with Crippen LogP contribution in [-0.2, 0) is 0 Å². The summed E-state index contributed by atoms with van der Waals surface area (Å²) in [6, 6.07) is 21.3. The molecule has 8 nitrogen and oxygen atoms in total. The Hall–Kier alpha value is -4.33. The number of nitro benzene ring substituents is 1. The molecule has 0 saturated heterocycles. The summed E-state index contributed by atoms with van der Waals surface area (Å²) in [6.07, 6.45) is 0. The second-order valence-corrected chi connectivity index (χ2v) is 6.27. The van der Waals surface area contributed by atoms with E-state index in [4.69, 9.17) is 0 Å². The normalized spacial score (nSPS) is 10.6. The topological polar surface area (TPSA) is 108 Å². The number of aromatic amines is 1. The van der Waals surface area contributed by atoms with Crippen LogP contribution in [0.4, 0.5) is 5.69 Å². The first-order chi connectivity index (χ1) is 14.0. The zero-order valence-electron chi connectivity index (χ0n) is 15.0. The molecular formula is C21H15N4O4+. The standard InChI is InChI=1S/C21H14N4O4/c26-20(15-10-12-16(13-11-15)25(28)29)23-24-19(14-6-2-1-3-7-14)22-18-9-5-4-8-17(18)21(24)27/h1-13H,(H,23,26)/p+1. The number of fused-ring (bicyclic) bond motifs is 1. The van der Waals surface area contributed by atoms with E-state index in [1.807, 2.05) is 36.4 Å². The molecule has 0 aliphatic heterocycles. The molecule has 0 spiro atoms. The fourth-order valence-electron chi connectivity index (χ4n) is 2.99. The van der Waals surface area contributed by atoms with Gasteiger partial charge >= 0.3 is 11.4 Å². The van der Waals surface area contributed by atoms with Gasteiger partial charge in [0, 0.05) is 17.7 Å². The minimum atomic E-state index is -0.567. The lowest BCUT2D eigenvalue weighted by atomic mass is 10.2. The number of nitrogens with zero attached hydrogens (tertiary/aromatic N) is 2. The van der Waals surface area contributed by atoms with Gasteiger partial charge in [0.1, 0.15) is 10.9 Å². The molecule has 0 atom stereocenters. The molecule has 0 saturated carbocycles. The third-order valence-corrected chi connectivity index (χ3v) is 4.44. The monoisotopic (exact) mass is 387 g/mol. The summed E-state index contributed by atoms with van der Waals surface area (Å²) in [5.41, 5.74) is 3.61. The summed E-state index contributed by atoms with van der Waals surface area (Å²) in [5, 5.41) is 11.2. The van der Waals surface area contributed by atoms with Crippen molar-refractivity contribution >= 4 is 22.5 Å². The van der Waals surface area contributed by atoms with E-state index >= 15 is 0 Å². The smallest absolute Gasteiger partial charge is 0.266 e. The third kappa shape index (κ3) is 3.46. The summed E-state index contributed by atoms with van der Waals surface area (Å²) < 4.78 is 1.15. The van der Waals surface area contributed by atoms with Crippen molar-refractivity contribution in [2.45, 2.75) is 0 Å². The number of hydrogen-bond acceptors (Lipinski definition) is 4. The van der Waals surface area contributed by atoms with E-state index in [1.54, 1.807) is 18.2 Å². The maximum atomic E-state index is 13.1. The van der Waals surface area contributed by atoms with Crippen LogP contribution in [0.25, 0.3) is 22.3 Å². The number of H-pyrrole nitrogens is 1. The predicted octanol–water partition coefficient (Wildman–Crippen LogP) is 2.77. The SMILES string of the molecule is O=C(Nn1c(-c2ccccc2)[nH+]c2ccccc2c1=O)c1ccc([N+](=O)[O-])cc1. The van der Waals surface area contributed by atoms with Crippen molar-refractivity contribution in [3.8, 4) is 11.4 Å². The summed E-state index contributed by atoms with van der Waals surface area (Å²) in [6.45, 7) is 0. The molecule has 0 fully saturated rings. The molecule has 142 valence electrons. The molecule has 2 N–H and O–H groups in total. The van der Waals surface area contributed by atoms with E-state index < -0.39 is 16.4 Å². The Morgan fingerprint density at radius 2 is 1.59 bits per heavy atom. The van der Waals surface area contributed by atoms with Crippen molar-refractivity contribution in [1.82, 2.24) is 4.68 Å². The van der Waals surface area contributed by atoms with Crippen molar-refractivity contribution < 1.29 is 14.7 Å². The molecule has 0 bridgehead atoms. The van der Waals surface area contributed by atoms with Gasteiger partial charge in [0.05, 0.1) is 10.5 Å². The second kappa shape index (κ2) is 7.35. The van der Waals surface area contributed by atoms with Gasteiger partial charge in [-0.2, -0.15) is 5.43 Å². The van der Waals surface area contributed by atoms with Gasteiger partial charge in [-0.15, -0.1) is 0 Å². The predicted molar refractivity (Wildman–Crippen MR) is 107 cm³/mol. The number of non-ortho nitro benzene ring substituents is 1. The van der Waals surface area contributed by atoms with E-state index in [0.29, 0.717) is 22.3 Å². The van der Waals surface area contributed by atoms with E-state index in [-0.39, 0.29) is 11.3 Å². The first-order valence-electron chi connectivity index (χ1n) is 8.73. The molecule has 0 radical (unpaired) electrons. The van der Waals surface area contributed by atoms with Crippen molar-refractivity contribution in [2.75, 3.05) is 5.43 Å². The van der Waals surface area contributed by atoms with Crippen molar-refractivity contribution in [2.24, 2.45) is 0 Å². The Balaban J connectivity index is 1.81. The van der Waals surface area contributed by atoms with Crippen molar-refractivity contribution in [3.05, 3.63) is 105 Å². The van der Waals surface area contributed by atoms with Gasteiger partial charge in [-0.05, 0) is 36.4 Å². The first kappa shape index (κ1) is 18.1. The van der Waals surface area contributed by atoms with Crippen LogP contribution in [0.3, 0.4) is 0 Å². The van der Waals surface area contributed by atoms with Crippen LogP contribution in [0.15, 0.2) is 83.7 Å². The number of rotatable bonds is 4. The highest BCUT2D eigenvalue weighted by Gasteiger charge is 2.22. The number of nitro groups is 1. The van der Waals surface area contributed by atoms with E-state index in [2.05, 4.69) is 10.4 Å². The summed E-state index contributed by atoms with van der Waals surface area (Å²) in [7, 11) is 0. The van der Waals surface area contributed by atoms with Gasteiger partial charge < -0.3 is 0 Å². The molecule has 29 heavy (non-hydrogen) atoms. The molecule has 3 aromatic carbocycles. The average molecular weight is 387 g/mol. The first-order valence-corrected chi connectivity index (χ1v) is 8.73. The minimum Gasteiger partial charge on any atom is -0.266 e. The molecule has 4 aromatic rings. The Morgan fingerprint density at radius 1 is 0.931 bits per heavy atom. The van der Waals surface area contributed by atoms with Crippen molar-refractivity contribution in [3.63, 3.8) is 0 Å². The zero-order valence-corrected chi connectivity index (χ0v) is 15.0. The van der Waals surface area contributed by atoms with E-state index in [1.165, 1.54) is 24.3 Å². The molecule has 4 rings (SSSR count). The highest BCUT2D eigenvalue weighted by Crippen LogP contribution is 2.15. The summed E-state index contributed by atoms with van der Waals surface area (Å²) in [4.78, 5) is 39.2. The largest absolute Gasteiger partial charge is 0.369 e. The lowest BCUT2D eigenvalue weighted by Gasteiger charge is -2.08. The van der Waals surface area contributed by atoms with E-state index in [0.717, 1.165) is 4.68 Å². The maximum absolute atomic E-state index is 13.1. The van der Waals surface area contributed by atoms with Crippen LogP contribution >= 0.6 is 0 Å². The number of nitrogens with one attached hydrogen (secondary N) is 2. The molecular weight excluding hydrogens is 372 g/mol. The zero-order chi connectivity index (χ0) is 20.4. The van der Waals surface area contributed by atoms with Gasteiger partial charge in [-0.25, -0.2) is 9.78 Å². The van der Waals surface area contributed by atoms with Gasteiger partial charge in [0.15, 0.2) is 0 Å². The van der Waals surface area contributed by atoms with E-state index in [9.17, 15) is 19.7 Å². The Kier molecular flexibility index (Phi) is 4.58. The molecule has 1 heterocycles. The van der Waals surface area contributed by atoms with Crippen LogP contribution in [-0.4, -0.2) is 15.5 Å². The number of amides is 1. The quantitative estimate of drug-likeness (QED) is 0.429. The van der Waals surface area contributed by atoms with Crippen molar-refractivity contribution in [1.29, 1.82) is 0 Å².